The van der Waals surface area contributed by atoms with Crippen molar-refractivity contribution < 1.29 is 27.4 Å². The summed E-state index contributed by atoms with van der Waals surface area (Å²) < 4.78 is 44.5. The molecule has 0 saturated carbocycles. The van der Waals surface area contributed by atoms with Crippen LogP contribution in [0.25, 0.3) is 0 Å². The Morgan fingerprint density at radius 1 is 1.41 bits per heavy atom. The summed E-state index contributed by atoms with van der Waals surface area (Å²) in [6, 6.07) is 3.21. The number of ether oxygens (including phenoxy) is 2. The smallest absolute Gasteiger partial charge is 0.496 e. The lowest BCUT2D eigenvalue weighted by atomic mass is 9.95. The van der Waals surface area contributed by atoms with Gasteiger partial charge in [-0.3, -0.25) is 4.79 Å². The standard InChI is InChI=1S/C10H8BF3O3/c1-16-9-3-2-6(17-10(12,13)14)4-7(9)8(15)5-11/h2-4H,5H2,1H3. The Kier molecular flexibility index (Phi) is 4.04. The first-order valence-electron chi connectivity index (χ1n) is 4.54. The van der Waals surface area contributed by atoms with Gasteiger partial charge in [-0.1, -0.05) is 0 Å². The molecule has 0 N–H and O–H groups in total. The molecule has 2 radical (unpaired) electrons. The van der Waals surface area contributed by atoms with Gasteiger partial charge >= 0.3 is 6.36 Å². The second-order valence-electron chi connectivity index (χ2n) is 3.04. The van der Waals surface area contributed by atoms with Gasteiger partial charge in [-0.2, -0.15) is 0 Å². The molecule has 0 atom stereocenters. The van der Waals surface area contributed by atoms with E-state index in [9.17, 15) is 18.0 Å². The molecule has 0 aliphatic rings. The van der Waals surface area contributed by atoms with E-state index in [0.29, 0.717) is 0 Å². The van der Waals surface area contributed by atoms with Crippen LogP contribution in [0.2, 0.25) is 6.32 Å². The maximum atomic E-state index is 12.0. The van der Waals surface area contributed by atoms with Crippen LogP contribution in [0.15, 0.2) is 18.2 Å². The number of halogens is 3. The maximum Gasteiger partial charge on any atom is 0.573 e. The van der Waals surface area contributed by atoms with Crippen LogP contribution in [0.4, 0.5) is 13.2 Å². The van der Waals surface area contributed by atoms with Crippen molar-refractivity contribution in [1.82, 2.24) is 0 Å². The van der Waals surface area contributed by atoms with E-state index in [-0.39, 0.29) is 17.6 Å². The number of hydrogen-bond acceptors (Lipinski definition) is 3. The summed E-state index contributed by atoms with van der Waals surface area (Å²) in [5.74, 6) is -0.875. The summed E-state index contributed by atoms with van der Waals surface area (Å²) in [7, 11) is 6.44. The summed E-state index contributed by atoms with van der Waals surface area (Å²) in [6.45, 7) is 0. The van der Waals surface area contributed by atoms with E-state index in [1.807, 2.05) is 0 Å². The molecule has 0 saturated heterocycles. The van der Waals surface area contributed by atoms with E-state index < -0.39 is 17.9 Å². The number of rotatable bonds is 4. The third-order valence-corrected chi connectivity index (χ3v) is 1.89. The van der Waals surface area contributed by atoms with Crippen molar-refractivity contribution in [3.8, 4) is 11.5 Å². The summed E-state index contributed by atoms with van der Waals surface area (Å²) >= 11 is 0. The molecule has 3 nitrogen and oxygen atoms in total. The lowest BCUT2D eigenvalue weighted by Crippen LogP contribution is -2.17. The highest BCUT2D eigenvalue weighted by Crippen LogP contribution is 2.28. The van der Waals surface area contributed by atoms with Gasteiger partial charge in [0.1, 0.15) is 11.5 Å². The molecule has 0 aromatic heterocycles. The van der Waals surface area contributed by atoms with Crippen LogP contribution in [0, 0.1) is 0 Å². The number of methoxy groups -OCH3 is 1. The Labute approximate surface area is 96.9 Å². The molecule has 1 aromatic carbocycles. The zero-order valence-corrected chi connectivity index (χ0v) is 8.88. The Morgan fingerprint density at radius 2 is 2.06 bits per heavy atom. The van der Waals surface area contributed by atoms with E-state index in [1.165, 1.54) is 13.2 Å². The third kappa shape index (κ3) is 3.69. The lowest BCUT2D eigenvalue weighted by Gasteiger charge is -2.12. The molecular formula is C10H8BF3O3. The van der Waals surface area contributed by atoms with Crippen LogP contribution in [0.1, 0.15) is 10.4 Å². The first-order valence-corrected chi connectivity index (χ1v) is 4.54. The molecule has 0 amide bonds. The number of ketones is 1. The molecule has 90 valence electrons. The second-order valence-corrected chi connectivity index (χ2v) is 3.04. The topological polar surface area (TPSA) is 35.5 Å². The van der Waals surface area contributed by atoms with Crippen molar-refractivity contribution >= 4 is 13.6 Å². The van der Waals surface area contributed by atoms with Gasteiger partial charge < -0.3 is 9.47 Å². The predicted octanol–water partition coefficient (Wildman–Crippen LogP) is 2.36. The van der Waals surface area contributed by atoms with Gasteiger partial charge in [0, 0.05) is 0 Å². The SMILES string of the molecule is [B]CC(=O)c1cc(OC(F)(F)F)ccc1OC. The molecule has 7 heteroatoms. The van der Waals surface area contributed by atoms with E-state index >= 15 is 0 Å². The number of Topliss-reactive ketones (excluding diaryl/α,β-unsaturated/α-hetero) is 1. The molecule has 0 spiro atoms. The molecule has 1 aromatic rings. The number of hydrogen-bond donors (Lipinski definition) is 0. The third-order valence-electron chi connectivity index (χ3n) is 1.89. The number of carbonyl (C=O) groups is 1. The highest BCUT2D eigenvalue weighted by atomic mass is 19.4. The maximum absolute atomic E-state index is 12.0. The van der Waals surface area contributed by atoms with Crippen molar-refractivity contribution in [2.45, 2.75) is 12.7 Å². The van der Waals surface area contributed by atoms with Gasteiger partial charge in [0.25, 0.3) is 0 Å². The zero-order valence-electron chi connectivity index (χ0n) is 8.88. The monoisotopic (exact) mass is 244 g/mol. The number of benzene rings is 1. The quantitative estimate of drug-likeness (QED) is 0.602. The van der Waals surface area contributed by atoms with Gasteiger partial charge in [-0.25, -0.2) is 0 Å². The molecule has 0 bridgehead atoms. The summed E-state index contributed by atoms with van der Waals surface area (Å²) in [6.07, 6.45) is -5.14. The van der Waals surface area contributed by atoms with Gasteiger partial charge in [-0.15, -0.1) is 13.2 Å². The molecule has 0 aliphatic carbocycles. The Morgan fingerprint density at radius 3 is 2.53 bits per heavy atom. The number of alkyl halides is 3. The fraction of sp³-hybridized carbons (Fsp3) is 0.300. The molecular weight excluding hydrogens is 236 g/mol. The minimum absolute atomic E-state index is 0.0447. The second kappa shape index (κ2) is 5.12. The minimum Gasteiger partial charge on any atom is -0.496 e. The molecule has 0 fully saturated rings. The van der Waals surface area contributed by atoms with Crippen LogP contribution in [-0.2, 0) is 0 Å². The molecule has 0 aliphatic heterocycles. The summed E-state index contributed by atoms with van der Waals surface area (Å²) in [5.41, 5.74) is -0.0447. The van der Waals surface area contributed by atoms with E-state index in [2.05, 4.69) is 4.74 Å². The average Bonchev–Trinajstić information content (AvgIpc) is 2.25. The van der Waals surface area contributed by atoms with Crippen LogP contribution < -0.4 is 9.47 Å². The fourth-order valence-corrected chi connectivity index (χ4v) is 1.21. The van der Waals surface area contributed by atoms with E-state index in [0.717, 1.165) is 12.1 Å². The average molecular weight is 244 g/mol. The summed E-state index contributed by atoms with van der Waals surface area (Å²) in [5, 5.41) is 0. The van der Waals surface area contributed by atoms with Crippen LogP contribution in [-0.4, -0.2) is 27.1 Å². The van der Waals surface area contributed by atoms with Crippen LogP contribution in [0.3, 0.4) is 0 Å². The molecule has 17 heavy (non-hydrogen) atoms. The first-order chi connectivity index (χ1) is 7.87. The van der Waals surface area contributed by atoms with Crippen molar-refractivity contribution in [1.29, 1.82) is 0 Å². The zero-order chi connectivity index (χ0) is 13.1. The van der Waals surface area contributed by atoms with Gasteiger partial charge in [-0.05, 0) is 24.5 Å². The molecule has 0 unspecified atom stereocenters. The lowest BCUT2D eigenvalue weighted by molar-refractivity contribution is -0.274. The van der Waals surface area contributed by atoms with Crippen molar-refractivity contribution in [2.75, 3.05) is 7.11 Å². The van der Waals surface area contributed by atoms with E-state index in [1.54, 1.807) is 0 Å². The van der Waals surface area contributed by atoms with Gasteiger partial charge in [0.15, 0.2) is 5.78 Å². The number of carbonyl (C=O) groups excluding carboxylic acids is 1. The highest BCUT2D eigenvalue weighted by molar-refractivity contribution is 6.24. The minimum atomic E-state index is -4.81. The molecule has 1 rings (SSSR count). The Bertz CT molecular complexity index is 418. The van der Waals surface area contributed by atoms with Gasteiger partial charge in [0.2, 0.25) is 0 Å². The Hall–Kier alpha value is -1.66. The Balaban J connectivity index is 3.09. The first kappa shape index (κ1) is 13.4. The van der Waals surface area contributed by atoms with Crippen molar-refractivity contribution in [3.63, 3.8) is 0 Å². The normalized spacial score (nSPS) is 11.1. The highest BCUT2D eigenvalue weighted by Gasteiger charge is 2.31. The molecule has 0 heterocycles. The van der Waals surface area contributed by atoms with Crippen LogP contribution >= 0.6 is 0 Å². The fourth-order valence-electron chi connectivity index (χ4n) is 1.21. The van der Waals surface area contributed by atoms with Crippen molar-refractivity contribution in [2.24, 2.45) is 0 Å². The largest absolute Gasteiger partial charge is 0.573 e. The summed E-state index contributed by atoms with van der Waals surface area (Å²) in [4.78, 5) is 11.4. The van der Waals surface area contributed by atoms with E-state index in [4.69, 9.17) is 12.6 Å². The predicted molar refractivity (Wildman–Crippen MR) is 54.6 cm³/mol. The van der Waals surface area contributed by atoms with Gasteiger partial charge in [0.05, 0.1) is 20.5 Å². The van der Waals surface area contributed by atoms with Crippen molar-refractivity contribution in [3.05, 3.63) is 23.8 Å². The van der Waals surface area contributed by atoms with Crippen LogP contribution in [0.5, 0.6) is 11.5 Å².